The molecule has 0 aromatic heterocycles. The fourth-order valence-corrected chi connectivity index (χ4v) is 4.84. The van der Waals surface area contributed by atoms with Crippen molar-refractivity contribution in [1.82, 2.24) is 0 Å². The van der Waals surface area contributed by atoms with Crippen LogP contribution in [0.4, 0.5) is 0 Å². The summed E-state index contributed by atoms with van der Waals surface area (Å²) in [6.45, 7) is 0. The monoisotopic (exact) mass is 368 g/mol. The topological polar surface area (TPSA) is 17.1 Å². The van der Waals surface area contributed by atoms with Crippen LogP contribution in [0, 0.1) is 0 Å². The third-order valence-electron chi connectivity index (χ3n) is 4.19. The van der Waals surface area contributed by atoms with Gasteiger partial charge in [0.25, 0.3) is 0 Å². The summed E-state index contributed by atoms with van der Waals surface area (Å²) in [7, 11) is 0. The predicted molar refractivity (Wildman–Crippen MR) is 80.6 cm³/mol. The SMILES string of the molecule is O=C1C=C2CCCCC2(C(Br)Br)c2ccccc21. The van der Waals surface area contributed by atoms with E-state index in [2.05, 4.69) is 37.9 Å². The maximum atomic E-state index is 12.2. The Morgan fingerprint density at radius 3 is 2.72 bits per heavy atom. The minimum absolute atomic E-state index is 0.0389. The third kappa shape index (κ3) is 1.67. The van der Waals surface area contributed by atoms with Crippen LogP contribution in [0.15, 0.2) is 35.9 Å². The summed E-state index contributed by atoms with van der Waals surface area (Å²) in [5, 5.41) is 0. The van der Waals surface area contributed by atoms with Crippen LogP contribution in [-0.2, 0) is 5.41 Å². The molecule has 1 aromatic rings. The normalized spacial score (nSPS) is 26.6. The number of carbonyl (C=O) groups excluding carboxylic acids is 1. The van der Waals surface area contributed by atoms with E-state index in [-0.39, 0.29) is 14.9 Å². The van der Waals surface area contributed by atoms with E-state index in [0.717, 1.165) is 18.4 Å². The highest BCUT2D eigenvalue weighted by molar-refractivity contribution is 9.24. The van der Waals surface area contributed by atoms with E-state index in [1.807, 2.05) is 24.3 Å². The highest BCUT2D eigenvalue weighted by atomic mass is 79.9. The zero-order chi connectivity index (χ0) is 12.8. The van der Waals surface area contributed by atoms with Gasteiger partial charge in [-0.3, -0.25) is 4.79 Å². The maximum Gasteiger partial charge on any atom is 0.186 e. The fraction of sp³-hybridized carbons (Fsp3) is 0.400. The molecule has 0 aliphatic heterocycles. The Hall–Kier alpha value is -0.410. The molecule has 0 bridgehead atoms. The second kappa shape index (κ2) is 4.61. The minimum atomic E-state index is -0.0389. The summed E-state index contributed by atoms with van der Waals surface area (Å²) in [6, 6.07) is 8.04. The molecule has 1 unspecified atom stereocenters. The van der Waals surface area contributed by atoms with Gasteiger partial charge in [0.05, 0.1) is 3.74 Å². The largest absolute Gasteiger partial charge is 0.289 e. The Labute approximate surface area is 124 Å². The van der Waals surface area contributed by atoms with Gasteiger partial charge in [0.2, 0.25) is 0 Å². The van der Waals surface area contributed by atoms with E-state index < -0.39 is 0 Å². The Balaban J connectivity index is 2.27. The molecule has 3 rings (SSSR count). The number of carbonyl (C=O) groups is 1. The van der Waals surface area contributed by atoms with Crippen LogP contribution in [-0.4, -0.2) is 9.52 Å². The van der Waals surface area contributed by atoms with Crippen molar-refractivity contribution in [2.24, 2.45) is 0 Å². The predicted octanol–water partition coefficient (Wildman–Crippen LogP) is 4.74. The molecule has 18 heavy (non-hydrogen) atoms. The van der Waals surface area contributed by atoms with Crippen molar-refractivity contribution in [3.63, 3.8) is 0 Å². The summed E-state index contributed by atoms with van der Waals surface area (Å²) >= 11 is 7.45. The summed E-state index contributed by atoms with van der Waals surface area (Å²) in [6.07, 6.45) is 6.42. The molecule has 0 radical (unpaired) electrons. The van der Waals surface area contributed by atoms with Crippen molar-refractivity contribution in [1.29, 1.82) is 0 Å². The average molecular weight is 370 g/mol. The van der Waals surface area contributed by atoms with Crippen molar-refractivity contribution in [3.8, 4) is 0 Å². The van der Waals surface area contributed by atoms with Gasteiger partial charge in [-0.1, -0.05) is 68.1 Å². The average Bonchev–Trinajstić information content (AvgIpc) is 2.39. The number of rotatable bonds is 1. The molecular weight excluding hydrogens is 356 g/mol. The first-order chi connectivity index (χ1) is 8.66. The molecule has 3 heteroatoms. The lowest BCUT2D eigenvalue weighted by Crippen LogP contribution is -2.41. The summed E-state index contributed by atoms with van der Waals surface area (Å²) < 4.78 is 0.179. The van der Waals surface area contributed by atoms with Crippen molar-refractivity contribution < 1.29 is 4.79 Å². The van der Waals surface area contributed by atoms with Gasteiger partial charge in [-0.05, 0) is 30.9 Å². The first-order valence-electron chi connectivity index (χ1n) is 6.29. The second-order valence-electron chi connectivity index (χ2n) is 5.06. The van der Waals surface area contributed by atoms with E-state index in [0.29, 0.717) is 0 Å². The Bertz CT molecular complexity index is 533. The van der Waals surface area contributed by atoms with Gasteiger partial charge in [0, 0.05) is 11.0 Å². The quantitative estimate of drug-likeness (QED) is 0.653. The zero-order valence-corrected chi connectivity index (χ0v) is 13.1. The summed E-state index contributed by atoms with van der Waals surface area (Å²) in [5.41, 5.74) is 3.30. The molecule has 2 aliphatic carbocycles. The fourth-order valence-electron chi connectivity index (χ4n) is 3.30. The first kappa shape index (κ1) is 12.6. The van der Waals surface area contributed by atoms with Gasteiger partial charge in [-0.25, -0.2) is 0 Å². The number of allylic oxidation sites excluding steroid dienone is 2. The highest BCUT2D eigenvalue weighted by Gasteiger charge is 2.46. The van der Waals surface area contributed by atoms with Crippen LogP contribution in [0.2, 0.25) is 0 Å². The highest BCUT2D eigenvalue weighted by Crippen LogP contribution is 2.53. The summed E-state index contributed by atoms with van der Waals surface area (Å²) in [4.78, 5) is 12.2. The number of halogens is 2. The van der Waals surface area contributed by atoms with Crippen LogP contribution in [0.5, 0.6) is 0 Å². The summed E-state index contributed by atoms with van der Waals surface area (Å²) in [5.74, 6) is 0.166. The number of benzene rings is 1. The van der Waals surface area contributed by atoms with Crippen LogP contribution < -0.4 is 0 Å². The molecule has 2 aliphatic rings. The van der Waals surface area contributed by atoms with Gasteiger partial charge in [0.15, 0.2) is 5.78 Å². The van der Waals surface area contributed by atoms with Gasteiger partial charge >= 0.3 is 0 Å². The molecule has 0 N–H and O–H groups in total. The van der Waals surface area contributed by atoms with Crippen LogP contribution >= 0.6 is 31.9 Å². The molecule has 1 nitrogen and oxygen atoms in total. The second-order valence-corrected chi connectivity index (χ2v) is 8.12. The standard InChI is InChI=1S/C15H14Br2O/c16-14(17)15-8-4-3-5-10(15)9-13(18)11-6-1-2-7-12(11)15/h1-2,6-7,9,14H,3-5,8H2. The van der Waals surface area contributed by atoms with E-state index in [9.17, 15) is 4.79 Å². The lowest BCUT2D eigenvalue weighted by molar-refractivity contribution is 0.103. The van der Waals surface area contributed by atoms with Gasteiger partial charge in [0.1, 0.15) is 0 Å². The molecule has 1 atom stereocenters. The molecule has 0 amide bonds. The molecule has 1 fully saturated rings. The Morgan fingerprint density at radius 1 is 1.17 bits per heavy atom. The number of ketones is 1. The van der Waals surface area contributed by atoms with Crippen LogP contribution in [0.3, 0.4) is 0 Å². The molecule has 1 aromatic carbocycles. The minimum Gasteiger partial charge on any atom is -0.289 e. The Kier molecular flexibility index (Phi) is 3.23. The lowest BCUT2D eigenvalue weighted by Gasteiger charge is -2.44. The van der Waals surface area contributed by atoms with E-state index in [4.69, 9.17) is 0 Å². The van der Waals surface area contributed by atoms with Crippen molar-refractivity contribution in [2.45, 2.75) is 34.8 Å². The van der Waals surface area contributed by atoms with Crippen molar-refractivity contribution in [3.05, 3.63) is 47.0 Å². The lowest BCUT2D eigenvalue weighted by atomic mass is 9.63. The van der Waals surface area contributed by atoms with Gasteiger partial charge in [-0.2, -0.15) is 0 Å². The smallest absolute Gasteiger partial charge is 0.186 e. The number of hydrogen-bond acceptors (Lipinski definition) is 1. The molecule has 0 spiro atoms. The van der Waals surface area contributed by atoms with Gasteiger partial charge < -0.3 is 0 Å². The van der Waals surface area contributed by atoms with E-state index >= 15 is 0 Å². The van der Waals surface area contributed by atoms with Crippen LogP contribution in [0.25, 0.3) is 0 Å². The molecule has 0 heterocycles. The Morgan fingerprint density at radius 2 is 1.94 bits per heavy atom. The molecule has 94 valence electrons. The first-order valence-corrected chi connectivity index (χ1v) is 8.12. The van der Waals surface area contributed by atoms with Crippen LogP contribution in [0.1, 0.15) is 41.6 Å². The van der Waals surface area contributed by atoms with E-state index in [1.54, 1.807) is 0 Å². The van der Waals surface area contributed by atoms with Crippen molar-refractivity contribution >= 4 is 37.6 Å². The zero-order valence-electron chi connectivity index (χ0n) is 9.96. The molecular formula is C15H14Br2O. The number of fused-ring (bicyclic) bond motifs is 3. The third-order valence-corrected chi connectivity index (χ3v) is 5.75. The van der Waals surface area contributed by atoms with Crippen molar-refractivity contribution in [2.75, 3.05) is 0 Å². The number of hydrogen-bond donors (Lipinski definition) is 0. The maximum absolute atomic E-state index is 12.2. The molecule has 0 saturated heterocycles. The molecule has 1 saturated carbocycles. The number of alkyl halides is 2. The van der Waals surface area contributed by atoms with Gasteiger partial charge in [-0.15, -0.1) is 0 Å². The van der Waals surface area contributed by atoms with E-state index in [1.165, 1.54) is 24.0 Å².